The Morgan fingerprint density at radius 1 is 1.11 bits per heavy atom. The fourth-order valence-corrected chi connectivity index (χ4v) is 3.37. The number of nitrogens with one attached hydrogen (secondary N) is 1. The number of carbonyl (C=O) groups excluding carboxylic acids is 1. The molecule has 3 rings (SSSR count). The normalized spacial score (nSPS) is 11.7. The highest BCUT2D eigenvalue weighted by molar-refractivity contribution is 7.09. The molecule has 3 aromatic rings. The Morgan fingerprint density at radius 2 is 1.78 bits per heavy atom. The van der Waals surface area contributed by atoms with E-state index in [0.717, 1.165) is 34.5 Å². The van der Waals surface area contributed by atoms with Crippen LogP contribution in [0.1, 0.15) is 21.9 Å². The zero-order chi connectivity index (χ0) is 19.2. The van der Waals surface area contributed by atoms with Crippen LogP contribution in [-0.4, -0.2) is 30.1 Å². The van der Waals surface area contributed by atoms with E-state index in [0.29, 0.717) is 17.0 Å². The summed E-state index contributed by atoms with van der Waals surface area (Å²) in [5.74, 6) is 0.923. The molecule has 0 saturated carbocycles. The van der Waals surface area contributed by atoms with E-state index in [1.165, 1.54) is 0 Å². The maximum atomic E-state index is 11.4. The van der Waals surface area contributed by atoms with Gasteiger partial charge in [-0.2, -0.15) is 0 Å². The highest BCUT2D eigenvalue weighted by atomic mass is 32.1. The highest BCUT2D eigenvalue weighted by Gasteiger charge is 2.12. The first kappa shape index (κ1) is 18.7. The zero-order valence-corrected chi connectivity index (χ0v) is 15.5. The Balaban J connectivity index is 1.60. The second-order valence-corrected chi connectivity index (χ2v) is 7.00. The van der Waals surface area contributed by atoms with Crippen molar-refractivity contribution >= 4 is 17.6 Å². The number of benzene rings is 2. The van der Waals surface area contributed by atoms with Gasteiger partial charge in [-0.3, -0.25) is 9.78 Å². The number of aromatic amines is 1. The van der Waals surface area contributed by atoms with Crippen LogP contribution >= 0.6 is 11.3 Å². The maximum absolute atomic E-state index is 11.4. The number of aldehydes is 1. The van der Waals surface area contributed by atoms with Gasteiger partial charge in [-0.05, 0) is 35.4 Å². The molecule has 0 saturated heterocycles. The van der Waals surface area contributed by atoms with Gasteiger partial charge in [0.2, 0.25) is 5.88 Å². The summed E-state index contributed by atoms with van der Waals surface area (Å²) in [7, 11) is 1.59. The lowest BCUT2D eigenvalue weighted by Gasteiger charge is -2.13. The van der Waals surface area contributed by atoms with Gasteiger partial charge in [-0.1, -0.05) is 35.6 Å². The SMILES string of the molecule is COc1ccc(C(C=O)COc2ccc(Cc3sc(=O)[nH]c3O)cc2)cc1. The van der Waals surface area contributed by atoms with E-state index in [-0.39, 0.29) is 23.3 Å². The summed E-state index contributed by atoms with van der Waals surface area (Å²) >= 11 is 0.991. The molecule has 6 nitrogen and oxygen atoms in total. The van der Waals surface area contributed by atoms with E-state index in [2.05, 4.69) is 4.98 Å². The van der Waals surface area contributed by atoms with Gasteiger partial charge in [-0.25, -0.2) is 0 Å². The van der Waals surface area contributed by atoms with Crippen molar-refractivity contribution in [2.24, 2.45) is 0 Å². The Morgan fingerprint density at radius 3 is 2.33 bits per heavy atom. The summed E-state index contributed by atoms with van der Waals surface area (Å²) in [4.78, 5) is 25.3. The third-order valence-corrected chi connectivity index (χ3v) is 5.00. The molecule has 0 bridgehead atoms. The summed E-state index contributed by atoms with van der Waals surface area (Å²) in [6.45, 7) is 0.232. The lowest BCUT2D eigenvalue weighted by Crippen LogP contribution is -2.11. The molecule has 0 aliphatic carbocycles. The monoisotopic (exact) mass is 385 g/mol. The highest BCUT2D eigenvalue weighted by Crippen LogP contribution is 2.23. The Labute approximate surface area is 160 Å². The van der Waals surface area contributed by atoms with E-state index in [9.17, 15) is 14.7 Å². The number of ether oxygens (including phenoxy) is 2. The molecule has 1 aromatic heterocycles. The van der Waals surface area contributed by atoms with Crippen LogP contribution in [-0.2, 0) is 11.2 Å². The molecule has 0 fully saturated rings. The van der Waals surface area contributed by atoms with Gasteiger partial charge in [0.15, 0.2) is 0 Å². The number of rotatable bonds is 8. The van der Waals surface area contributed by atoms with Crippen molar-refractivity contribution in [3.63, 3.8) is 0 Å². The topological polar surface area (TPSA) is 88.6 Å². The van der Waals surface area contributed by atoms with Crippen LogP contribution in [0.4, 0.5) is 0 Å². The molecule has 0 radical (unpaired) electrons. The molecule has 2 aromatic carbocycles. The summed E-state index contributed by atoms with van der Waals surface area (Å²) in [6, 6.07) is 14.6. The van der Waals surface area contributed by atoms with Crippen LogP contribution in [0.15, 0.2) is 53.3 Å². The quantitative estimate of drug-likeness (QED) is 0.582. The van der Waals surface area contributed by atoms with Crippen LogP contribution in [0.25, 0.3) is 0 Å². The van der Waals surface area contributed by atoms with Crippen LogP contribution in [0.3, 0.4) is 0 Å². The number of methoxy groups -OCH3 is 1. The minimum Gasteiger partial charge on any atom is -0.497 e. The summed E-state index contributed by atoms with van der Waals surface area (Å²) in [5.41, 5.74) is 1.80. The molecule has 1 atom stereocenters. The van der Waals surface area contributed by atoms with Gasteiger partial charge >= 0.3 is 4.87 Å². The summed E-state index contributed by atoms with van der Waals surface area (Å²) in [5, 5.41) is 9.65. The van der Waals surface area contributed by atoms with E-state index in [4.69, 9.17) is 9.47 Å². The molecule has 0 spiro atoms. The van der Waals surface area contributed by atoms with Gasteiger partial charge in [0, 0.05) is 6.42 Å². The van der Waals surface area contributed by atoms with Crippen molar-refractivity contribution in [2.75, 3.05) is 13.7 Å². The number of thiazole rings is 1. The van der Waals surface area contributed by atoms with E-state index in [1.54, 1.807) is 19.2 Å². The van der Waals surface area contributed by atoms with Crippen molar-refractivity contribution in [1.29, 1.82) is 0 Å². The Hall–Kier alpha value is -3.06. The van der Waals surface area contributed by atoms with Gasteiger partial charge < -0.3 is 19.4 Å². The third kappa shape index (κ3) is 4.77. The molecule has 7 heteroatoms. The standard InChI is InChI=1S/C20H19NO5S/c1-25-16-8-4-14(5-9-16)15(11-22)12-26-17-6-2-13(3-7-17)10-18-19(23)21-20(24)27-18/h2-9,11,15,23H,10,12H2,1H3,(H,21,24). The van der Waals surface area contributed by atoms with Crippen molar-refractivity contribution < 1.29 is 19.4 Å². The molecule has 0 aliphatic heterocycles. The molecule has 0 amide bonds. The van der Waals surface area contributed by atoms with E-state index < -0.39 is 0 Å². The van der Waals surface area contributed by atoms with Crippen LogP contribution < -0.4 is 14.3 Å². The molecule has 140 valence electrons. The fourth-order valence-electron chi connectivity index (χ4n) is 2.61. The van der Waals surface area contributed by atoms with Crippen molar-refractivity contribution in [3.8, 4) is 17.4 Å². The minimum atomic E-state index is -0.371. The van der Waals surface area contributed by atoms with Crippen LogP contribution in [0, 0.1) is 0 Å². The first-order valence-corrected chi connectivity index (χ1v) is 9.12. The minimum absolute atomic E-state index is 0.0846. The van der Waals surface area contributed by atoms with Crippen LogP contribution in [0.2, 0.25) is 0 Å². The molecule has 0 aliphatic rings. The fraction of sp³-hybridized carbons (Fsp3) is 0.200. The smallest absolute Gasteiger partial charge is 0.307 e. The average Bonchev–Trinajstić information content (AvgIpc) is 3.01. The number of aromatic nitrogens is 1. The second-order valence-electron chi connectivity index (χ2n) is 5.93. The Bertz CT molecular complexity index is 944. The first-order valence-electron chi connectivity index (χ1n) is 8.31. The van der Waals surface area contributed by atoms with Crippen LogP contribution in [0.5, 0.6) is 17.4 Å². The summed E-state index contributed by atoms with van der Waals surface area (Å²) in [6.07, 6.45) is 1.32. The lowest BCUT2D eigenvalue weighted by atomic mass is 10.0. The summed E-state index contributed by atoms with van der Waals surface area (Å²) < 4.78 is 10.9. The zero-order valence-electron chi connectivity index (χ0n) is 14.7. The number of carbonyl (C=O) groups is 1. The lowest BCUT2D eigenvalue weighted by molar-refractivity contribution is -0.109. The molecular formula is C20H19NO5S. The molecule has 1 heterocycles. The maximum Gasteiger partial charge on any atom is 0.307 e. The number of H-pyrrole nitrogens is 1. The molecule has 27 heavy (non-hydrogen) atoms. The second kappa shape index (κ2) is 8.55. The number of hydrogen-bond acceptors (Lipinski definition) is 6. The van der Waals surface area contributed by atoms with Crippen molar-refractivity contribution in [3.05, 3.63) is 74.2 Å². The first-order chi connectivity index (χ1) is 13.1. The van der Waals surface area contributed by atoms with E-state index >= 15 is 0 Å². The predicted octanol–water partition coefficient (Wildman–Crippen LogP) is 3.10. The average molecular weight is 385 g/mol. The molecule has 2 N–H and O–H groups in total. The molecular weight excluding hydrogens is 366 g/mol. The van der Waals surface area contributed by atoms with Crippen molar-refractivity contribution in [2.45, 2.75) is 12.3 Å². The third-order valence-electron chi connectivity index (χ3n) is 4.13. The Kier molecular flexibility index (Phi) is 5.93. The van der Waals surface area contributed by atoms with E-state index in [1.807, 2.05) is 36.4 Å². The number of aromatic hydroxyl groups is 1. The largest absolute Gasteiger partial charge is 0.497 e. The molecule has 1 unspecified atom stereocenters. The van der Waals surface area contributed by atoms with Gasteiger partial charge in [0.05, 0.1) is 17.9 Å². The predicted molar refractivity (Wildman–Crippen MR) is 103 cm³/mol. The van der Waals surface area contributed by atoms with Gasteiger partial charge in [0.1, 0.15) is 24.4 Å². The van der Waals surface area contributed by atoms with Gasteiger partial charge in [-0.15, -0.1) is 0 Å². The van der Waals surface area contributed by atoms with Crippen molar-refractivity contribution in [1.82, 2.24) is 4.98 Å². The van der Waals surface area contributed by atoms with Gasteiger partial charge in [0.25, 0.3) is 0 Å². The number of hydrogen-bond donors (Lipinski definition) is 2.